The number of hydrogen-bond acceptors (Lipinski definition) is 2. The number of alkyl halides is 1. The lowest BCUT2D eigenvalue weighted by atomic mass is 9.84. The van der Waals surface area contributed by atoms with Crippen LogP contribution in [-0.2, 0) is 0 Å². The molecule has 1 saturated heterocycles. The van der Waals surface area contributed by atoms with Crippen LogP contribution in [0.4, 0.5) is 5.69 Å². The molecule has 1 aromatic rings. The van der Waals surface area contributed by atoms with Crippen molar-refractivity contribution in [2.75, 3.05) is 43.0 Å². The zero-order valence-electron chi connectivity index (χ0n) is 13.1. The van der Waals surface area contributed by atoms with Crippen LogP contribution < -0.4 is 4.90 Å². The molecule has 1 aliphatic rings. The third kappa shape index (κ3) is 4.37. The maximum atomic E-state index is 6.09. The predicted molar refractivity (Wildman–Crippen MR) is 96.9 cm³/mol. The van der Waals surface area contributed by atoms with Crippen molar-refractivity contribution in [2.24, 2.45) is 5.41 Å². The monoisotopic (exact) mass is 372 g/mol. The Morgan fingerprint density at radius 3 is 2.33 bits per heavy atom. The zero-order valence-corrected chi connectivity index (χ0v) is 15.5. The number of hydrogen-bond donors (Lipinski definition) is 0. The van der Waals surface area contributed by atoms with Crippen LogP contribution in [-0.4, -0.2) is 43.0 Å². The van der Waals surface area contributed by atoms with Crippen LogP contribution in [0, 0.1) is 5.41 Å². The molecule has 0 aromatic heterocycles. The van der Waals surface area contributed by atoms with Crippen molar-refractivity contribution < 1.29 is 0 Å². The van der Waals surface area contributed by atoms with Gasteiger partial charge in [-0.25, -0.2) is 0 Å². The van der Waals surface area contributed by atoms with Crippen LogP contribution in [0.25, 0.3) is 0 Å². The molecule has 0 N–H and O–H groups in total. The van der Waals surface area contributed by atoms with E-state index >= 15 is 0 Å². The Morgan fingerprint density at radius 1 is 1.14 bits per heavy atom. The minimum atomic E-state index is 0.429. The number of anilines is 1. The maximum absolute atomic E-state index is 6.09. The average Bonchev–Trinajstić information content (AvgIpc) is 2.53. The fourth-order valence-electron chi connectivity index (χ4n) is 3.02. The molecule has 0 saturated carbocycles. The lowest BCUT2D eigenvalue weighted by molar-refractivity contribution is 0.152. The lowest BCUT2D eigenvalue weighted by Crippen LogP contribution is -2.50. The first-order valence-corrected chi connectivity index (χ1v) is 9.41. The summed E-state index contributed by atoms with van der Waals surface area (Å²) in [6.45, 7) is 10.3. The van der Waals surface area contributed by atoms with E-state index in [4.69, 9.17) is 11.6 Å². The topological polar surface area (TPSA) is 6.48 Å². The second-order valence-electron chi connectivity index (χ2n) is 6.08. The molecule has 0 spiro atoms. The zero-order chi connectivity index (χ0) is 15.3. The molecule has 1 heterocycles. The van der Waals surface area contributed by atoms with Gasteiger partial charge >= 0.3 is 0 Å². The van der Waals surface area contributed by atoms with Gasteiger partial charge in [0.1, 0.15) is 0 Å². The number of piperazine rings is 1. The Hall–Kier alpha value is -0.250. The Balaban J connectivity index is 1.91. The van der Waals surface area contributed by atoms with Gasteiger partial charge in [-0.05, 0) is 36.5 Å². The van der Waals surface area contributed by atoms with Crippen molar-refractivity contribution in [1.29, 1.82) is 0 Å². The fraction of sp³-hybridized carbons (Fsp3) is 0.647. The second kappa shape index (κ2) is 7.85. The van der Waals surface area contributed by atoms with Gasteiger partial charge in [0.05, 0.1) is 0 Å². The minimum absolute atomic E-state index is 0.429. The molecular weight excluding hydrogens is 348 g/mol. The predicted octanol–water partition coefficient (Wildman–Crippen LogP) is 4.66. The molecule has 1 aromatic carbocycles. The summed E-state index contributed by atoms with van der Waals surface area (Å²) in [4.78, 5) is 5.06. The Kier molecular flexibility index (Phi) is 6.39. The van der Waals surface area contributed by atoms with Crippen molar-refractivity contribution in [3.8, 4) is 0 Å². The number of nitrogens with zero attached hydrogens (tertiary/aromatic N) is 2. The van der Waals surface area contributed by atoms with Crippen LogP contribution in [0.3, 0.4) is 0 Å². The van der Waals surface area contributed by atoms with Crippen LogP contribution >= 0.6 is 27.5 Å². The number of halogens is 2. The van der Waals surface area contributed by atoms with E-state index in [1.807, 2.05) is 12.1 Å². The van der Waals surface area contributed by atoms with Gasteiger partial charge in [-0.2, -0.15) is 0 Å². The standard InChI is InChI=1S/C17H26BrClN2/c1-3-17(4-2,13-18)14-20-8-10-21(11-9-20)16-7-5-6-15(19)12-16/h5-7,12H,3-4,8-11,13-14H2,1-2H3. The van der Waals surface area contributed by atoms with Crippen molar-refractivity contribution >= 4 is 33.2 Å². The van der Waals surface area contributed by atoms with Gasteiger partial charge in [0, 0.05) is 48.8 Å². The second-order valence-corrected chi connectivity index (χ2v) is 7.08. The summed E-state index contributed by atoms with van der Waals surface area (Å²) in [6, 6.07) is 8.20. The summed E-state index contributed by atoms with van der Waals surface area (Å²) in [5.74, 6) is 0. The Labute approximate surface area is 142 Å². The van der Waals surface area contributed by atoms with E-state index in [1.54, 1.807) is 0 Å². The third-order valence-corrected chi connectivity index (χ3v) is 6.31. The van der Waals surface area contributed by atoms with E-state index in [-0.39, 0.29) is 0 Å². The summed E-state index contributed by atoms with van der Waals surface area (Å²) in [7, 11) is 0. The SMILES string of the molecule is CCC(CC)(CBr)CN1CCN(c2cccc(Cl)c2)CC1. The summed E-state index contributed by atoms with van der Waals surface area (Å²) in [5.41, 5.74) is 1.68. The molecule has 2 nitrogen and oxygen atoms in total. The minimum Gasteiger partial charge on any atom is -0.369 e. The first-order valence-electron chi connectivity index (χ1n) is 7.91. The first kappa shape index (κ1) is 17.1. The van der Waals surface area contributed by atoms with Gasteiger partial charge in [-0.15, -0.1) is 0 Å². The maximum Gasteiger partial charge on any atom is 0.0426 e. The summed E-state index contributed by atoms with van der Waals surface area (Å²) in [5, 5.41) is 1.92. The van der Waals surface area contributed by atoms with Crippen molar-refractivity contribution in [2.45, 2.75) is 26.7 Å². The molecule has 21 heavy (non-hydrogen) atoms. The molecule has 0 aliphatic carbocycles. The third-order valence-electron chi connectivity index (χ3n) is 4.89. The summed E-state index contributed by atoms with van der Waals surface area (Å²) in [6.07, 6.45) is 2.48. The molecule has 0 atom stereocenters. The lowest BCUT2D eigenvalue weighted by Gasteiger charge is -2.41. The largest absolute Gasteiger partial charge is 0.369 e. The first-order chi connectivity index (χ1) is 10.1. The van der Waals surface area contributed by atoms with Crippen LogP contribution in [0.1, 0.15) is 26.7 Å². The highest BCUT2D eigenvalue weighted by Crippen LogP contribution is 2.30. The van der Waals surface area contributed by atoms with E-state index in [0.29, 0.717) is 5.41 Å². The van der Waals surface area contributed by atoms with Gasteiger partial charge in [-0.3, -0.25) is 4.90 Å². The van der Waals surface area contributed by atoms with E-state index in [2.05, 4.69) is 51.7 Å². The molecular formula is C17H26BrClN2. The molecule has 118 valence electrons. The highest BCUT2D eigenvalue weighted by molar-refractivity contribution is 9.09. The van der Waals surface area contributed by atoms with E-state index in [1.165, 1.54) is 25.1 Å². The van der Waals surface area contributed by atoms with Crippen molar-refractivity contribution in [3.63, 3.8) is 0 Å². The summed E-state index contributed by atoms with van der Waals surface area (Å²) < 4.78 is 0. The van der Waals surface area contributed by atoms with Crippen molar-refractivity contribution in [1.82, 2.24) is 4.90 Å². The Bertz CT molecular complexity index is 432. The average molecular weight is 374 g/mol. The van der Waals surface area contributed by atoms with Crippen LogP contribution in [0.5, 0.6) is 0 Å². The van der Waals surface area contributed by atoms with Gasteiger partial charge in [0.25, 0.3) is 0 Å². The van der Waals surface area contributed by atoms with Gasteiger partial charge in [0.2, 0.25) is 0 Å². The van der Waals surface area contributed by atoms with E-state index in [9.17, 15) is 0 Å². The number of benzene rings is 1. The quantitative estimate of drug-likeness (QED) is 0.669. The molecule has 0 unspecified atom stereocenters. The van der Waals surface area contributed by atoms with Crippen molar-refractivity contribution in [3.05, 3.63) is 29.3 Å². The summed E-state index contributed by atoms with van der Waals surface area (Å²) >= 11 is 9.82. The molecule has 2 rings (SSSR count). The molecule has 4 heteroatoms. The highest BCUT2D eigenvalue weighted by Gasteiger charge is 2.29. The molecule has 1 fully saturated rings. The molecule has 1 aliphatic heterocycles. The fourth-order valence-corrected chi connectivity index (χ4v) is 4.17. The smallest absolute Gasteiger partial charge is 0.0426 e. The molecule has 0 amide bonds. The van der Waals surface area contributed by atoms with Gasteiger partial charge in [0.15, 0.2) is 0 Å². The highest BCUT2D eigenvalue weighted by atomic mass is 79.9. The molecule has 0 radical (unpaired) electrons. The van der Waals surface area contributed by atoms with Gasteiger partial charge < -0.3 is 4.90 Å². The van der Waals surface area contributed by atoms with Gasteiger partial charge in [-0.1, -0.05) is 47.4 Å². The van der Waals surface area contributed by atoms with Crippen LogP contribution in [0.15, 0.2) is 24.3 Å². The molecule has 0 bridgehead atoms. The normalized spacial score (nSPS) is 17.2. The number of rotatable bonds is 6. The van der Waals surface area contributed by atoms with E-state index in [0.717, 1.165) is 36.5 Å². The Morgan fingerprint density at radius 2 is 1.81 bits per heavy atom. The van der Waals surface area contributed by atoms with Crippen LogP contribution in [0.2, 0.25) is 5.02 Å². The van der Waals surface area contributed by atoms with E-state index < -0.39 is 0 Å².